The molecule has 20 heavy (non-hydrogen) atoms. The van der Waals surface area contributed by atoms with E-state index in [0.29, 0.717) is 6.54 Å². The van der Waals surface area contributed by atoms with E-state index in [1.807, 2.05) is 19.1 Å². The van der Waals surface area contributed by atoms with Gasteiger partial charge in [0.05, 0.1) is 22.1 Å². The zero-order valence-electron chi connectivity index (χ0n) is 10.6. The summed E-state index contributed by atoms with van der Waals surface area (Å²) in [5.41, 5.74) is -0.0549. The van der Waals surface area contributed by atoms with E-state index in [9.17, 15) is 14.9 Å². The molecule has 1 amide bonds. The van der Waals surface area contributed by atoms with Crippen LogP contribution < -0.4 is 5.32 Å². The molecule has 1 aromatic carbocycles. The first kappa shape index (κ1) is 14.5. The highest BCUT2D eigenvalue weighted by Crippen LogP contribution is 2.22. The zero-order valence-corrected chi connectivity index (χ0v) is 12.1. The van der Waals surface area contributed by atoms with E-state index in [4.69, 9.17) is 11.6 Å². The molecule has 0 saturated carbocycles. The summed E-state index contributed by atoms with van der Waals surface area (Å²) in [6.45, 7) is 2.35. The van der Waals surface area contributed by atoms with E-state index in [0.717, 1.165) is 9.75 Å². The van der Waals surface area contributed by atoms with E-state index >= 15 is 0 Å². The molecule has 104 valence electrons. The first-order valence-corrected chi connectivity index (χ1v) is 6.94. The standard InChI is InChI=1S/C13H11ClN2O3S/c1-8-2-4-10(20-8)7-15-13(17)11-6-9(16(18)19)3-5-12(11)14/h2-6H,7H2,1H3,(H,15,17). The number of amides is 1. The van der Waals surface area contributed by atoms with Crippen LogP contribution in [0.5, 0.6) is 0 Å². The quantitative estimate of drug-likeness (QED) is 0.693. The van der Waals surface area contributed by atoms with Crippen molar-refractivity contribution in [2.24, 2.45) is 0 Å². The van der Waals surface area contributed by atoms with Crippen LogP contribution in [0.25, 0.3) is 0 Å². The average Bonchev–Trinajstić information content (AvgIpc) is 2.82. The largest absolute Gasteiger partial charge is 0.347 e. The molecule has 0 unspecified atom stereocenters. The molecule has 0 aliphatic rings. The lowest BCUT2D eigenvalue weighted by atomic mass is 10.2. The van der Waals surface area contributed by atoms with Gasteiger partial charge in [0, 0.05) is 21.9 Å². The van der Waals surface area contributed by atoms with Crippen molar-refractivity contribution in [3.8, 4) is 0 Å². The van der Waals surface area contributed by atoms with E-state index in [2.05, 4.69) is 5.32 Å². The summed E-state index contributed by atoms with van der Waals surface area (Å²) in [6, 6.07) is 7.69. The Hall–Kier alpha value is -1.92. The van der Waals surface area contributed by atoms with Gasteiger partial charge in [-0.15, -0.1) is 11.3 Å². The lowest BCUT2D eigenvalue weighted by Crippen LogP contribution is -2.22. The maximum Gasteiger partial charge on any atom is 0.270 e. The molecule has 5 nitrogen and oxygen atoms in total. The average molecular weight is 311 g/mol. The number of non-ortho nitro benzene ring substituents is 1. The predicted octanol–water partition coefficient (Wildman–Crippen LogP) is 3.55. The number of nitro benzene ring substituents is 1. The third-order valence-corrected chi connectivity index (χ3v) is 3.95. The van der Waals surface area contributed by atoms with Crippen LogP contribution in [0, 0.1) is 17.0 Å². The van der Waals surface area contributed by atoms with Crippen LogP contribution in [0.3, 0.4) is 0 Å². The fourth-order valence-corrected chi connectivity index (χ4v) is 2.68. The highest BCUT2D eigenvalue weighted by Gasteiger charge is 2.15. The number of benzene rings is 1. The lowest BCUT2D eigenvalue weighted by molar-refractivity contribution is -0.384. The topological polar surface area (TPSA) is 72.2 Å². The maximum absolute atomic E-state index is 12.0. The first-order chi connectivity index (χ1) is 9.47. The Morgan fingerprint density at radius 3 is 2.75 bits per heavy atom. The zero-order chi connectivity index (χ0) is 14.7. The van der Waals surface area contributed by atoms with E-state index < -0.39 is 10.8 Å². The van der Waals surface area contributed by atoms with Crippen molar-refractivity contribution in [2.75, 3.05) is 0 Å². The molecule has 2 rings (SSSR count). The number of nitrogens with zero attached hydrogens (tertiary/aromatic N) is 1. The van der Waals surface area contributed by atoms with Crippen molar-refractivity contribution in [1.82, 2.24) is 5.32 Å². The second kappa shape index (κ2) is 6.02. The molecular formula is C13H11ClN2O3S. The highest BCUT2D eigenvalue weighted by molar-refractivity contribution is 7.11. The lowest BCUT2D eigenvalue weighted by Gasteiger charge is -2.05. The van der Waals surface area contributed by atoms with Crippen LogP contribution >= 0.6 is 22.9 Å². The van der Waals surface area contributed by atoms with Crippen LogP contribution in [-0.4, -0.2) is 10.8 Å². The number of rotatable bonds is 4. The number of aryl methyl sites for hydroxylation is 1. The number of hydrogen-bond donors (Lipinski definition) is 1. The molecule has 0 spiro atoms. The Bertz CT molecular complexity index is 669. The van der Waals surface area contributed by atoms with Gasteiger partial charge in [-0.1, -0.05) is 11.6 Å². The molecule has 0 aliphatic carbocycles. The van der Waals surface area contributed by atoms with Crippen LogP contribution in [0.15, 0.2) is 30.3 Å². The van der Waals surface area contributed by atoms with Gasteiger partial charge in [-0.3, -0.25) is 14.9 Å². The molecule has 7 heteroatoms. The number of halogens is 1. The smallest absolute Gasteiger partial charge is 0.270 e. The van der Waals surface area contributed by atoms with Gasteiger partial charge in [-0.05, 0) is 25.1 Å². The predicted molar refractivity (Wildman–Crippen MR) is 78.3 cm³/mol. The third kappa shape index (κ3) is 3.34. The van der Waals surface area contributed by atoms with Crippen molar-refractivity contribution in [1.29, 1.82) is 0 Å². The molecule has 0 radical (unpaired) electrons. The second-order valence-corrected chi connectivity index (χ2v) is 5.90. The molecule has 0 atom stereocenters. The van der Waals surface area contributed by atoms with Crippen molar-refractivity contribution in [2.45, 2.75) is 13.5 Å². The molecule has 0 fully saturated rings. The van der Waals surface area contributed by atoms with Crippen LogP contribution in [0.4, 0.5) is 5.69 Å². The second-order valence-electron chi connectivity index (χ2n) is 4.12. The van der Waals surface area contributed by atoms with Crippen molar-refractivity contribution >= 4 is 34.5 Å². The van der Waals surface area contributed by atoms with E-state index in [1.165, 1.54) is 18.2 Å². The van der Waals surface area contributed by atoms with Gasteiger partial charge in [-0.2, -0.15) is 0 Å². The molecule has 1 aromatic heterocycles. The number of nitro groups is 1. The minimum Gasteiger partial charge on any atom is -0.347 e. The summed E-state index contributed by atoms with van der Waals surface area (Å²) in [4.78, 5) is 24.3. The van der Waals surface area contributed by atoms with Gasteiger partial charge in [0.25, 0.3) is 11.6 Å². The van der Waals surface area contributed by atoms with Crippen LogP contribution in [-0.2, 0) is 6.54 Å². The van der Waals surface area contributed by atoms with Gasteiger partial charge >= 0.3 is 0 Å². The van der Waals surface area contributed by atoms with Crippen molar-refractivity contribution in [3.05, 3.63) is 60.8 Å². The number of nitrogens with one attached hydrogen (secondary N) is 1. The Kier molecular flexibility index (Phi) is 4.36. The van der Waals surface area contributed by atoms with E-state index in [1.54, 1.807) is 11.3 Å². The Morgan fingerprint density at radius 1 is 1.40 bits per heavy atom. The Balaban J connectivity index is 2.12. The first-order valence-electron chi connectivity index (χ1n) is 5.75. The molecule has 0 aliphatic heterocycles. The van der Waals surface area contributed by atoms with Crippen LogP contribution in [0.2, 0.25) is 5.02 Å². The molecule has 1 heterocycles. The number of thiophene rings is 1. The molecule has 1 N–H and O–H groups in total. The fourth-order valence-electron chi connectivity index (χ4n) is 1.64. The van der Waals surface area contributed by atoms with Gasteiger partial charge in [0.1, 0.15) is 0 Å². The third-order valence-electron chi connectivity index (χ3n) is 2.62. The normalized spacial score (nSPS) is 10.3. The summed E-state index contributed by atoms with van der Waals surface area (Å²) >= 11 is 7.48. The summed E-state index contributed by atoms with van der Waals surface area (Å²) in [5, 5.41) is 13.6. The van der Waals surface area contributed by atoms with Crippen LogP contribution in [0.1, 0.15) is 20.1 Å². The summed E-state index contributed by atoms with van der Waals surface area (Å²) in [5.74, 6) is -0.426. The Labute approximate surface area is 124 Å². The fraction of sp³-hybridized carbons (Fsp3) is 0.154. The number of hydrogen-bond acceptors (Lipinski definition) is 4. The monoisotopic (exact) mass is 310 g/mol. The molecule has 2 aromatic rings. The summed E-state index contributed by atoms with van der Waals surface area (Å²) in [6.07, 6.45) is 0. The number of carbonyl (C=O) groups excluding carboxylic acids is 1. The van der Waals surface area contributed by atoms with Crippen molar-refractivity contribution in [3.63, 3.8) is 0 Å². The molecule has 0 saturated heterocycles. The van der Waals surface area contributed by atoms with Gasteiger partial charge in [0.15, 0.2) is 0 Å². The summed E-state index contributed by atoms with van der Waals surface area (Å²) < 4.78 is 0. The van der Waals surface area contributed by atoms with E-state index in [-0.39, 0.29) is 16.3 Å². The minimum atomic E-state index is -0.560. The van der Waals surface area contributed by atoms with Gasteiger partial charge < -0.3 is 5.32 Å². The number of carbonyl (C=O) groups is 1. The van der Waals surface area contributed by atoms with Gasteiger partial charge in [0.2, 0.25) is 0 Å². The van der Waals surface area contributed by atoms with Gasteiger partial charge in [-0.25, -0.2) is 0 Å². The SMILES string of the molecule is Cc1ccc(CNC(=O)c2cc([N+](=O)[O-])ccc2Cl)s1. The summed E-state index contributed by atoms with van der Waals surface area (Å²) in [7, 11) is 0. The Morgan fingerprint density at radius 2 is 2.15 bits per heavy atom. The minimum absolute atomic E-state index is 0.106. The van der Waals surface area contributed by atoms with Crippen molar-refractivity contribution < 1.29 is 9.72 Å². The maximum atomic E-state index is 12.0. The highest BCUT2D eigenvalue weighted by atomic mass is 35.5. The molecule has 0 bridgehead atoms. The molecular weight excluding hydrogens is 300 g/mol.